The van der Waals surface area contributed by atoms with E-state index in [1.165, 1.54) is 18.2 Å². The third kappa shape index (κ3) is 3.59. The Morgan fingerprint density at radius 1 is 1.05 bits per heavy atom. The van der Waals surface area contributed by atoms with Gasteiger partial charge in [0, 0.05) is 0 Å². The van der Waals surface area contributed by atoms with E-state index in [0.29, 0.717) is 0 Å². The molecule has 2 aromatic carbocycles. The van der Waals surface area contributed by atoms with Gasteiger partial charge in [0.05, 0.1) is 17.5 Å². The first kappa shape index (κ1) is 15.9. The predicted molar refractivity (Wildman–Crippen MR) is 77.2 cm³/mol. The molecule has 0 aliphatic rings. The van der Waals surface area contributed by atoms with Crippen molar-refractivity contribution in [2.45, 2.75) is 0 Å². The van der Waals surface area contributed by atoms with Crippen LogP contribution in [0.1, 0.15) is 10.4 Å². The molecule has 0 aromatic heterocycles. The molecule has 0 atom stereocenters. The van der Waals surface area contributed by atoms with Crippen LogP contribution in [0.3, 0.4) is 0 Å². The minimum Gasteiger partial charge on any atom is -0.478 e. The second-order valence-corrected chi connectivity index (χ2v) is 6.32. The molecule has 22 heavy (non-hydrogen) atoms. The Balaban J connectivity index is 2.40. The SMILES string of the molecule is CS(=O)(=O)Nc1ccc(-c2ccc(C(=O)O)c(F)c2)cc1F. The molecule has 2 aromatic rings. The van der Waals surface area contributed by atoms with E-state index in [1.54, 1.807) is 0 Å². The van der Waals surface area contributed by atoms with Gasteiger partial charge in [-0.1, -0.05) is 12.1 Å². The molecule has 0 aliphatic carbocycles. The number of halogens is 2. The smallest absolute Gasteiger partial charge is 0.338 e. The molecule has 8 heteroatoms. The second kappa shape index (κ2) is 5.72. The molecular weight excluding hydrogens is 316 g/mol. The number of rotatable bonds is 4. The van der Waals surface area contributed by atoms with Gasteiger partial charge in [0.2, 0.25) is 10.0 Å². The number of sulfonamides is 1. The van der Waals surface area contributed by atoms with Crippen molar-refractivity contribution in [1.82, 2.24) is 0 Å². The summed E-state index contributed by atoms with van der Waals surface area (Å²) in [5.74, 6) is -3.17. The maximum absolute atomic E-state index is 13.9. The maximum Gasteiger partial charge on any atom is 0.338 e. The third-order valence-electron chi connectivity index (χ3n) is 2.80. The fourth-order valence-corrected chi connectivity index (χ4v) is 2.41. The minimum atomic E-state index is -3.61. The van der Waals surface area contributed by atoms with Gasteiger partial charge in [-0.25, -0.2) is 22.0 Å². The van der Waals surface area contributed by atoms with E-state index in [9.17, 15) is 22.0 Å². The lowest BCUT2D eigenvalue weighted by Gasteiger charge is -2.08. The van der Waals surface area contributed by atoms with E-state index >= 15 is 0 Å². The highest BCUT2D eigenvalue weighted by Crippen LogP contribution is 2.26. The monoisotopic (exact) mass is 327 g/mol. The van der Waals surface area contributed by atoms with Gasteiger partial charge in [-0.05, 0) is 35.4 Å². The summed E-state index contributed by atoms with van der Waals surface area (Å²) in [5.41, 5.74) is -0.159. The molecule has 2 N–H and O–H groups in total. The number of carbonyl (C=O) groups is 1. The number of anilines is 1. The van der Waals surface area contributed by atoms with Crippen LogP contribution < -0.4 is 4.72 Å². The van der Waals surface area contributed by atoms with Crippen molar-refractivity contribution in [2.75, 3.05) is 11.0 Å². The van der Waals surface area contributed by atoms with E-state index in [-0.39, 0.29) is 16.8 Å². The zero-order chi connectivity index (χ0) is 16.5. The van der Waals surface area contributed by atoms with Crippen molar-refractivity contribution in [3.05, 3.63) is 53.6 Å². The molecule has 0 unspecified atom stereocenters. The average molecular weight is 327 g/mol. The normalized spacial score (nSPS) is 11.2. The van der Waals surface area contributed by atoms with Crippen LogP contribution in [0.25, 0.3) is 11.1 Å². The molecule has 0 fully saturated rings. The third-order valence-corrected chi connectivity index (χ3v) is 3.39. The quantitative estimate of drug-likeness (QED) is 0.904. The lowest BCUT2D eigenvalue weighted by molar-refractivity contribution is 0.0692. The summed E-state index contributed by atoms with van der Waals surface area (Å²) < 4.78 is 51.6. The molecule has 0 bridgehead atoms. The zero-order valence-electron chi connectivity index (χ0n) is 11.3. The lowest BCUT2D eigenvalue weighted by atomic mass is 10.0. The van der Waals surface area contributed by atoms with Gasteiger partial charge in [-0.3, -0.25) is 4.72 Å². The van der Waals surface area contributed by atoms with E-state index < -0.39 is 33.2 Å². The summed E-state index contributed by atoms with van der Waals surface area (Å²) in [5, 5.41) is 8.75. The summed E-state index contributed by atoms with van der Waals surface area (Å²) in [6.07, 6.45) is 0.889. The summed E-state index contributed by atoms with van der Waals surface area (Å²) in [6, 6.07) is 7.02. The minimum absolute atomic E-state index is 0.228. The van der Waals surface area contributed by atoms with Gasteiger partial charge in [0.1, 0.15) is 11.6 Å². The molecule has 0 spiro atoms. The summed E-state index contributed by atoms with van der Waals surface area (Å²) in [4.78, 5) is 10.7. The van der Waals surface area contributed by atoms with Gasteiger partial charge in [0.25, 0.3) is 0 Å². The van der Waals surface area contributed by atoms with Crippen LogP contribution >= 0.6 is 0 Å². The van der Waals surface area contributed by atoms with Gasteiger partial charge in [0.15, 0.2) is 0 Å². The molecule has 116 valence electrons. The lowest BCUT2D eigenvalue weighted by Crippen LogP contribution is -2.10. The molecule has 0 heterocycles. The Kier molecular flexibility index (Phi) is 4.14. The highest BCUT2D eigenvalue weighted by atomic mass is 32.2. The standard InChI is InChI=1S/C14H11F2NO4S/c1-22(20,21)17-13-5-3-9(7-12(13)16)8-2-4-10(14(18)19)11(15)6-8/h2-7,17H,1H3,(H,18,19). The number of carboxylic acids is 1. The fourth-order valence-electron chi connectivity index (χ4n) is 1.85. The maximum atomic E-state index is 13.9. The summed E-state index contributed by atoms with van der Waals surface area (Å²) in [7, 11) is -3.61. The first-order valence-electron chi connectivity index (χ1n) is 5.98. The van der Waals surface area contributed by atoms with Crippen molar-refractivity contribution in [3.63, 3.8) is 0 Å². The van der Waals surface area contributed by atoms with Crippen LogP contribution in [-0.4, -0.2) is 25.7 Å². The second-order valence-electron chi connectivity index (χ2n) is 4.57. The molecule has 0 aliphatic heterocycles. The topological polar surface area (TPSA) is 83.5 Å². The van der Waals surface area contributed by atoms with E-state index in [1.807, 2.05) is 4.72 Å². The molecule has 0 saturated carbocycles. The Hall–Kier alpha value is -2.48. The number of aromatic carboxylic acids is 1. The highest BCUT2D eigenvalue weighted by Gasteiger charge is 2.13. The Morgan fingerprint density at radius 2 is 1.59 bits per heavy atom. The van der Waals surface area contributed by atoms with Crippen molar-refractivity contribution >= 4 is 21.7 Å². The van der Waals surface area contributed by atoms with Crippen LogP contribution in [0.4, 0.5) is 14.5 Å². The van der Waals surface area contributed by atoms with Crippen LogP contribution in [0.5, 0.6) is 0 Å². The number of hydrogen-bond acceptors (Lipinski definition) is 3. The summed E-state index contributed by atoms with van der Waals surface area (Å²) >= 11 is 0. The molecule has 0 amide bonds. The predicted octanol–water partition coefficient (Wildman–Crippen LogP) is 2.70. The number of carboxylic acid groups (broad SMARTS) is 1. The van der Waals surface area contributed by atoms with Gasteiger partial charge in [-0.15, -0.1) is 0 Å². The van der Waals surface area contributed by atoms with Gasteiger partial charge >= 0.3 is 5.97 Å². The Bertz CT molecular complexity index is 850. The molecule has 0 saturated heterocycles. The van der Waals surface area contributed by atoms with E-state index in [0.717, 1.165) is 24.5 Å². The molecule has 2 rings (SSSR count). The summed E-state index contributed by atoms with van der Waals surface area (Å²) in [6.45, 7) is 0. The average Bonchev–Trinajstić information content (AvgIpc) is 2.39. The van der Waals surface area contributed by atoms with Crippen LogP contribution in [0.2, 0.25) is 0 Å². The molecule has 5 nitrogen and oxygen atoms in total. The van der Waals surface area contributed by atoms with E-state index in [4.69, 9.17) is 5.11 Å². The number of nitrogens with one attached hydrogen (secondary N) is 1. The largest absolute Gasteiger partial charge is 0.478 e. The van der Waals surface area contributed by atoms with Crippen molar-refractivity contribution < 1.29 is 27.1 Å². The Labute approximate surface area is 125 Å². The van der Waals surface area contributed by atoms with Crippen LogP contribution in [-0.2, 0) is 10.0 Å². The fraction of sp³-hybridized carbons (Fsp3) is 0.0714. The van der Waals surface area contributed by atoms with Crippen molar-refractivity contribution in [3.8, 4) is 11.1 Å². The molecule has 0 radical (unpaired) electrons. The number of hydrogen-bond donors (Lipinski definition) is 2. The van der Waals surface area contributed by atoms with Crippen molar-refractivity contribution in [2.24, 2.45) is 0 Å². The van der Waals surface area contributed by atoms with Crippen LogP contribution in [0, 0.1) is 11.6 Å². The van der Waals surface area contributed by atoms with Gasteiger partial charge < -0.3 is 5.11 Å². The van der Waals surface area contributed by atoms with E-state index in [2.05, 4.69) is 0 Å². The van der Waals surface area contributed by atoms with Crippen LogP contribution in [0.15, 0.2) is 36.4 Å². The van der Waals surface area contributed by atoms with Crippen molar-refractivity contribution in [1.29, 1.82) is 0 Å². The first-order valence-corrected chi connectivity index (χ1v) is 7.87. The van der Waals surface area contributed by atoms with Gasteiger partial charge in [-0.2, -0.15) is 0 Å². The Morgan fingerprint density at radius 3 is 2.05 bits per heavy atom. The number of benzene rings is 2. The first-order chi connectivity index (χ1) is 10.2. The highest BCUT2D eigenvalue weighted by molar-refractivity contribution is 7.92. The zero-order valence-corrected chi connectivity index (χ0v) is 12.1. The molecular formula is C14H11F2NO4S.